The Bertz CT molecular complexity index is 1850. The van der Waals surface area contributed by atoms with E-state index in [4.69, 9.17) is 4.74 Å². The molecule has 5 rings (SSSR count). The molecule has 8 heteroatoms. The van der Waals surface area contributed by atoms with Gasteiger partial charge in [0, 0.05) is 21.8 Å². The van der Waals surface area contributed by atoms with Gasteiger partial charge in [0.2, 0.25) is 5.91 Å². The SMILES string of the molecule is CCCCOc1ccc(NC(=O)C(C)Sc2ccc(NC(=O)/C(=C/c3cccc4ccccc34)NC(=O)c3ccccc3)cc2)cc1. The molecule has 5 aromatic rings. The van der Waals surface area contributed by atoms with E-state index in [1.807, 2.05) is 91.9 Å². The normalized spacial score (nSPS) is 11.8. The predicted octanol–water partition coefficient (Wildman–Crippen LogP) is 8.55. The summed E-state index contributed by atoms with van der Waals surface area (Å²) >= 11 is 1.41. The number of hydrogen-bond acceptors (Lipinski definition) is 5. The maximum Gasteiger partial charge on any atom is 0.272 e. The summed E-state index contributed by atoms with van der Waals surface area (Å²) in [4.78, 5) is 40.4. The maximum atomic E-state index is 13.6. The first-order valence-corrected chi connectivity index (χ1v) is 16.4. The fourth-order valence-corrected chi connectivity index (χ4v) is 5.63. The first kappa shape index (κ1) is 33.0. The molecule has 238 valence electrons. The second-order valence-electron chi connectivity index (χ2n) is 10.9. The van der Waals surface area contributed by atoms with Gasteiger partial charge >= 0.3 is 0 Å². The Morgan fingerprint density at radius 3 is 2.17 bits per heavy atom. The van der Waals surface area contributed by atoms with Gasteiger partial charge in [0.05, 0.1) is 11.9 Å². The van der Waals surface area contributed by atoms with Gasteiger partial charge in [-0.1, -0.05) is 74.0 Å². The van der Waals surface area contributed by atoms with Crippen molar-refractivity contribution in [1.82, 2.24) is 5.32 Å². The van der Waals surface area contributed by atoms with Crippen molar-refractivity contribution in [1.29, 1.82) is 0 Å². The molecule has 0 aromatic heterocycles. The molecule has 5 aromatic carbocycles. The van der Waals surface area contributed by atoms with Crippen molar-refractivity contribution < 1.29 is 19.1 Å². The molecule has 3 N–H and O–H groups in total. The summed E-state index contributed by atoms with van der Waals surface area (Å²) in [6.45, 7) is 4.63. The van der Waals surface area contributed by atoms with E-state index in [1.165, 1.54) is 11.8 Å². The Balaban J connectivity index is 1.24. The fourth-order valence-electron chi connectivity index (χ4n) is 4.76. The Morgan fingerprint density at radius 2 is 1.43 bits per heavy atom. The van der Waals surface area contributed by atoms with Gasteiger partial charge in [0.1, 0.15) is 11.4 Å². The molecule has 0 spiro atoms. The Hall–Kier alpha value is -5.34. The molecular weight excluding hydrogens is 607 g/mol. The average molecular weight is 644 g/mol. The first-order valence-electron chi connectivity index (χ1n) is 15.6. The van der Waals surface area contributed by atoms with Gasteiger partial charge in [-0.05, 0) is 96.4 Å². The van der Waals surface area contributed by atoms with Crippen LogP contribution in [0, 0.1) is 0 Å². The Labute approximate surface area is 279 Å². The van der Waals surface area contributed by atoms with Crippen LogP contribution in [-0.4, -0.2) is 29.6 Å². The molecule has 47 heavy (non-hydrogen) atoms. The van der Waals surface area contributed by atoms with E-state index in [0.29, 0.717) is 23.5 Å². The van der Waals surface area contributed by atoms with Crippen LogP contribution in [0.4, 0.5) is 11.4 Å². The van der Waals surface area contributed by atoms with Crippen LogP contribution in [0.15, 0.2) is 132 Å². The van der Waals surface area contributed by atoms with Crippen LogP contribution in [0.25, 0.3) is 16.8 Å². The van der Waals surface area contributed by atoms with Crippen LogP contribution < -0.4 is 20.7 Å². The van der Waals surface area contributed by atoms with Gasteiger partial charge in [-0.2, -0.15) is 0 Å². The van der Waals surface area contributed by atoms with E-state index < -0.39 is 5.91 Å². The molecule has 0 heterocycles. The minimum Gasteiger partial charge on any atom is -0.494 e. The zero-order chi connectivity index (χ0) is 33.0. The smallest absolute Gasteiger partial charge is 0.272 e. The number of ether oxygens (including phenoxy) is 1. The molecule has 1 unspecified atom stereocenters. The lowest BCUT2D eigenvalue weighted by molar-refractivity contribution is -0.115. The number of unbranched alkanes of at least 4 members (excludes halogenated alkanes) is 1. The number of benzene rings is 5. The number of hydrogen-bond donors (Lipinski definition) is 3. The highest BCUT2D eigenvalue weighted by Crippen LogP contribution is 2.27. The maximum absolute atomic E-state index is 13.6. The number of thioether (sulfide) groups is 1. The number of anilines is 2. The molecule has 0 bridgehead atoms. The number of carbonyl (C=O) groups is 3. The van der Waals surface area contributed by atoms with Crippen molar-refractivity contribution >= 4 is 57.7 Å². The molecule has 1 atom stereocenters. The molecule has 0 aliphatic rings. The van der Waals surface area contributed by atoms with Crippen molar-refractivity contribution in [2.24, 2.45) is 0 Å². The van der Waals surface area contributed by atoms with Gasteiger partial charge < -0.3 is 20.7 Å². The zero-order valence-electron chi connectivity index (χ0n) is 26.4. The van der Waals surface area contributed by atoms with E-state index in [2.05, 4.69) is 22.9 Å². The van der Waals surface area contributed by atoms with Gasteiger partial charge in [-0.25, -0.2) is 0 Å². The summed E-state index contributed by atoms with van der Waals surface area (Å²) in [6, 6.07) is 37.1. The number of carbonyl (C=O) groups excluding carboxylic acids is 3. The van der Waals surface area contributed by atoms with E-state index in [1.54, 1.807) is 42.5 Å². The minimum absolute atomic E-state index is 0.111. The molecule has 7 nitrogen and oxygen atoms in total. The van der Waals surface area contributed by atoms with Crippen molar-refractivity contribution in [3.63, 3.8) is 0 Å². The summed E-state index contributed by atoms with van der Waals surface area (Å²) in [5.74, 6) is -0.190. The molecule has 0 saturated carbocycles. The Morgan fingerprint density at radius 1 is 0.766 bits per heavy atom. The van der Waals surface area contributed by atoms with Crippen molar-refractivity contribution in [3.8, 4) is 5.75 Å². The molecule has 0 aliphatic heterocycles. The fraction of sp³-hybridized carbons (Fsp3) is 0.154. The highest BCUT2D eigenvalue weighted by molar-refractivity contribution is 8.00. The van der Waals surface area contributed by atoms with Crippen molar-refractivity contribution in [2.45, 2.75) is 36.8 Å². The molecule has 3 amide bonds. The van der Waals surface area contributed by atoms with E-state index in [-0.39, 0.29) is 22.8 Å². The lowest BCUT2D eigenvalue weighted by Crippen LogP contribution is -2.30. The number of nitrogens with one attached hydrogen (secondary N) is 3. The molecular formula is C39H37N3O4S. The highest BCUT2D eigenvalue weighted by atomic mass is 32.2. The quantitative estimate of drug-likeness (QED) is 0.0679. The Kier molecular flexibility index (Phi) is 11.4. The summed E-state index contributed by atoms with van der Waals surface area (Å²) < 4.78 is 5.69. The van der Waals surface area contributed by atoms with E-state index >= 15 is 0 Å². The van der Waals surface area contributed by atoms with Gasteiger partial charge in [0.25, 0.3) is 11.8 Å². The lowest BCUT2D eigenvalue weighted by Gasteiger charge is -2.14. The largest absolute Gasteiger partial charge is 0.494 e. The predicted molar refractivity (Wildman–Crippen MR) is 192 cm³/mol. The van der Waals surface area contributed by atoms with Crippen molar-refractivity contribution in [3.05, 3.63) is 138 Å². The third-order valence-electron chi connectivity index (χ3n) is 7.33. The second-order valence-corrected chi connectivity index (χ2v) is 12.3. The van der Waals surface area contributed by atoms with Gasteiger partial charge in [0.15, 0.2) is 0 Å². The second kappa shape index (κ2) is 16.3. The summed E-state index contributed by atoms with van der Waals surface area (Å²) in [7, 11) is 0. The monoisotopic (exact) mass is 643 g/mol. The summed E-state index contributed by atoms with van der Waals surface area (Å²) in [5, 5.41) is 10.3. The van der Waals surface area contributed by atoms with Gasteiger partial charge in [-0.3, -0.25) is 14.4 Å². The number of amides is 3. The van der Waals surface area contributed by atoms with Crippen LogP contribution in [0.3, 0.4) is 0 Å². The topological polar surface area (TPSA) is 96.5 Å². The third kappa shape index (κ3) is 9.34. The molecule has 0 saturated heterocycles. The lowest BCUT2D eigenvalue weighted by atomic mass is 10.0. The van der Waals surface area contributed by atoms with Crippen LogP contribution in [-0.2, 0) is 9.59 Å². The van der Waals surface area contributed by atoms with E-state index in [0.717, 1.165) is 39.8 Å². The highest BCUT2D eigenvalue weighted by Gasteiger charge is 2.17. The minimum atomic E-state index is -0.461. The molecule has 0 aliphatic carbocycles. The van der Waals surface area contributed by atoms with Crippen LogP contribution in [0.5, 0.6) is 5.75 Å². The summed E-state index contributed by atoms with van der Waals surface area (Å²) in [5.41, 5.74) is 2.61. The zero-order valence-corrected chi connectivity index (χ0v) is 27.2. The summed E-state index contributed by atoms with van der Waals surface area (Å²) in [6.07, 6.45) is 3.76. The van der Waals surface area contributed by atoms with Crippen LogP contribution in [0.1, 0.15) is 42.6 Å². The number of fused-ring (bicyclic) bond motifs is 1. The van der Waals surface area contributed by atoms with E-state index in [9.17, 15) is 14.4 Å². The van der Waals surface area contributed by atoms with Crippen LogP contribution in [0.2, 0.25) is 0 Å². The first-order chi connectivity index (χ1) is 22.9. The molecule has 0 radical (unpaired) electrons. The van der Waals surface area contributed by atoms with Gasteiger partial charge in [-0.15, -0.1) is 11.8 Å². The molecule has 0 fully saturated rings. The van der Waals surface area contributed by atoms with Crippen LogP contribution >= 0.6 is 11.8 Å². The third-order valence-corrected chi connectivity index (χ3v) is 8.45. The number of rotatable bonds is 13. The van der Waals surface area contributed by atoms with Crippen molar-refractivity contribution in [2.75, 3.05) is 17.2 Å². The average Bonchev–Trinajstić information content (AvgIpc) is 3.10. The standard InChI is InChI=1S/C39H37N3O4S/c1-3-4-25-46-33-21-17-31(18-22-33)40-37(43)27(2)47-34-23-19-32(20-24-34)41-39(45)36(42-38(44)29-12-6-5-7-13-29)26-30-15-10-14-28-11-8-9-16-35(28)30/h5-24,26-27H,3-4,25H2,1-2H3,(H,40,43)(H,41,45)(H,42,44)/b36-26-.